The normalized spacial score (nSPS) is 17.7. The maximum Gasteiger partial charge on any atom is 0.303 e. The molecule has 0 bridgehead atoms. The van der Waals surface area contributed by atoms with Crippen molar-refractivity contribution in [2.24, 2.45) is 0 Å². The molecule has 0 spiro atoms. The minimum Gasteiger partial charge on any atom is -0.481 e. The SMILES string of the molecule is O=C(O)CCc1nc(C2CCc3ccccc3C2)no1. The van der Waals surface area contributed by atoms with Gasteiger partial charge in [0.1, 0.15) is 0 Å². The summed E-state index contributed by atoms with van der Waals surface area (Å²) in [6.45, 7) is 0. The van der Waals surface area contributed by atoms with Gasteiger partial charge < -0.3 is 9.63 Å². The molecule has 0 amide bonds. The number of rotatable bonds is 4. The Bertz CT molecular complexity index is 621. The van der Waals surface area contributed by atoms with Crippen LogP contribution in [0.4, 0.5) is 0 Å². The zero-order valence-corrected chi connectivity index (χ0v) is 11.1. The number of benzene rings is 1. The van der Waals surface area contributed by atoms with Crippen molar-refractivity contribution in [1.29, 1.82) is 0 Å². The van der Waals surface area contributed by atoms with Gasteiger partial charge in [-0.3, -0.25) is 4.79 Å². The zero-order valence-electron chi connectivity index (χ0n) is 11.1. The molecule has 1 aliphatic carbocycles. The number of nitrogens with zero attached hydrogens (tertiary/aromatic N) is 2. The number of carboxylic acids is 1. The van der Waals surface area contributed by atoms with Gasteiger partial charge in [-0.05, 0) is 30.4 Å². The fraction of sp³-hybridized carbons (Fsp3) is 0.400. The molecule has 0 saturated carbocycles. The van der Waals surface area contributed by atoms with Crippen LogP contribution in [0.3, 0.4) is 0 Å². The van der Waals surface area contributed by atoms with Crippen molar-refractivity contribution in [3.8, 4) is 0 Å². The lowest BCUT2D eigenvalue weighted by Gasteiger charge is -2.21. The molecule has 3 rings (SSSR count). The lowest BCUT2D eigenvalue weighted by molar-refractivity contribution is -0.137. The first kappa shape index (κ1) is 12.8. The van der Waals surface area contributed by atoms with E-state index in [1.165, 1.54) is 11.1 Å². The predicted octanol–water partition coefficient (Wildman–Crippen LogP) is 2.36. The number of hydrogen-bond acceptors (Lipinski definition) is 4. The summed E-state index contributed by atoms with van der Waals surface area (Å²) >= 11 is 0. The Morgan fingerprint density at radius 3 is 2.95 bits per heavy atom. The number of hydrogen-bond donors (Lipinski definition) is 1. The molecule has 2 aromatic rings. The summed E-state index contributed by atoms with van der Waals surface area (Å²) in [4.78, 5) is 14.9. The molecule has 104 valence electrons. The Balaban J connectivity index is 1.70. The third-order valence-corrected chi connectivity index (χ3v) is 3.75. The first-order valence-electron chi connectivity index (χ1n) is 6.83. The van der Waals surface area contributed by atoms with E-state index in [-0.39, 0.29) is 12.3 Å². The summed E-state index contributed by atoms with van der Waals surface area (Å²) in [5.74, 6) is 0.546. The molecular weight excluding hydrogens is 256 g/mol. The second kappa shape index (κ2) is 5.45. The lowest BCUT2D eigenvalue weighted by Crippen LogP contribution is -2.13. The molecule has 1 N–H and O–H groups in total. The summed E-state index contributed by atoms with van der Waals surface area (Å²) in [5.41, 5.74) is 2.75. The molecule has 0 aliphatic heterocycles. The van der Waals surface area contributed by atoms with Gasteiger partial charge in [0, 0.05) is 12.3 Å². The highest BCUT2D eigenvalue weighted by atomic mass is 16.5. The summed E-state index contributed by atoms with van der Waals surface area (Å²) in [6, 6.07) is 8.43. The van der Waals surface area contributed by atoms with Gasteiger partial charge in [-0.25, -0.2) is 0 Å². The van der Waals surface area contributed by atoms with E-state index in [0.29, 0.717) is 18.1 Å². The van der Waals surface area contributed by atoms with E-state index in [9.17, 15) is 4.79 Å². The number of aliphatic carboxylic acids is 1. The predicted molar refractivity (Wildman–Crippen MR) is 71.5 cm³/mol. The second-order valence-electron chi connectivity index (χ2n) is 5.15. The van der Waals surface area contributed by atoms with Crippen LogP contribution in [0.15, 0.2) is 28.8 Å². The number of aryl methyl sites for hydroxylation is 2. The summed E-state index contributed by atoms with van der Waals surface area (Å²) < 4.78 is 5.13. The minimum atomic E-state index is -0.851. The van der Waals surface area contributed by atoms with Crippen LogP contribution in [0.5, 0.6) is 0 Å². The van der Waals surface area contributed by atoms with Crippen LogP contribution >= 0.6 is 0 Å². The molecule has 20 heavy (non-hydrogen) atoms. The van der Waals surface area contributed by atoms with E-state index < -0.39 is 5.97 Å². The quantitative estimate of drug-likeness (QED) is 0.924. The molecule has 1 heterocycles. The van der Waals surface area contributed by atoms with Gasteiger partial charge in [0.2, 0.25) is 5.89 Å². The Labute approximate surface area is 116 Å². The third-order valence-electron chi connectivity index (χ3n) is 3.75. The van der Waals surface area contributed by atoms with Crippen molar-refractivity contribution in [1.82, 2.24) is 10.1 Å². The Morgan fingerprint density at radius 1 is 1.35 bits per heavy atom. The lowest BCUT2D eigenvalue weighted by atomic mass is 9.83. The average Bonchev–Trinajstić information content (AvgIpc) is 2.93. The number of carboxylic acid groups (broad SMARTS) is 1. The van der Waals surface area contributed by atoms with E-state index >= 15 is 0 Å². The van der Waals surface area contributed by atoms with Crippen molar-refractivity contribution in [3.63, 3.8) is 0 Å². The number of carbonyl (C=O) groups is 1. The van der Waals surface area contributed by atoms with Crippen molar-refractivity contribution >= 4 is 5.97 Å². The molecule has 5 nitrogen and oxygen atoms in total. The van der Waals surface area contributed by atoms with Crippen LogP contribution in [0, 0.1) is 0 Å². The highest BCUT2D eigenvalue weighted by Crippen LogP contribution is 2.31. The monoisotopic (exact) mass is 272 g/mol. The minimum absolute atomic E-state index is 0.0229. The first-order valence-corrected chi connectivity index (χ1v) is 6.83. The van der Waals surface area contributed by atoms with E-state index in [0.717, 1.165) is 19.3 Å². The average molecular weight is 272 g/mol. The fourth-order valence-corrected chi connectivity index (χ4v) is 2.67. The van der Waals surface area contributed by atoms with Crippen molar-refractivity contribution in [2.75, 3.05) is 0 Å². The highest BCUT2D eigenvalue weighted by Gasteiger charge is 2.24. The van der Waals surface area contributed by atoms with Crippen LogP contribution in [0.2, 0.25) is 0 Å². The Morgan fingerprint density at radius 2 is 2.15 bits per heavy atom. The van der Waals surface area contributed by atoms with E-state index in [1.54, 1.807) is 0 Å². The molecule has 5 heteroatoms. The molecule has 1 aromatic carbocycles. The Kier molecular flexibility index (Phi) is 3.50. The molecular formula is C15H16N2O3. The van der Waals surface area contributed by atoms with Gasteiger partial charge in [-0.15, -0.1) is 0 Å². The van der Waals surface area contributed by atoms with Gasteiger partial charge in [0.15, 0.2) is 5.82 Å². The smallest absolute Gasteiger partial charge is 0.303 e. The van der Waals surface area contributed by atoms with Crippen LogP contribution < -0.4 is 0 Å². The molecule has 0 saturated heterocycles. The molecule has 0 radical (unpaired) electrons. The van der Waals surface area contributed by atoms with Gasteiger partial charge in [-0.1, -0.05) is 29.4 Å². The summed E-state index contributed by atoms with van der Waals surface area (Å²) in [7, 11) is 0. The van der Waals surface area contributed by atoms with E-state index in [1.807, 2.05) is 0 Å². The number of aromatic nitrogens is 2. The van der Waals surface area contributed by atoms with Gasteiger partial charge >= 0.3 is 5.97 Å². The number of fused-ring (bicyclic) bond motifs is 1. The summed E-state index contributed by atoms with van der Waals surface area (Å²) in [5, 5.41) is 12.7. The summed E-state index contributed by atoms with van der Waals surface area (Å²) in [6.07, 6.45) is 3.28. The van der Waals surface area contributed by atoms with Gasteiger partial charge in [0.05, 0.1) is 6.42 Å². The molecule has 1 aliphatic rings. The van der Waals surface area contributed by atoms with Gasteiger partial charge in [-0.2, -0.15) is 4.98 Å². The largest absolute Gasteiger partial charge is 0.481 e. The van der Waals surface area contributed by atoms with Crippen molar-refractivity contribution < 1.29 is 14.4 Å². The van der Waals surface area contributed by atoms with Crippen LogP contribution in [0.25, 0.3) is 0 Å². The fourth-order valence-electron chi connectivity index (χ4n) is 2.67. The van der Waals surface area contributed by atoms with Crippen LogP contribution in [0.1, 0.15) is 41.6 Å². The maximum absolute atomic E-state index is 10.5. The van der Waals surface area contributed by atoms with Gasteiger partial charge in [0.25, 0.3) is 0 Å². The van der Waals surface area contributed by atoms with E-state index in [2.05, 4.69) is 34.4 Å². The molecule has 0 fully saturated rings. The second-order valence-corrected chi connectivity index (χ2v) is 5.15. The topological polar surface area (TPSA) is 76.2 Å². The standard InChI is InChI=1S/C15H16N2O3/c18-14(19)8-7-13-16-15(17-20-13)12-6-5-10-3-1-2-4-11(10)9-12/h1-4,12H,5-9H2,(H,18,19). The maximum atomic E-state index is 10.5. The molecule has 1 unspecified atom stereocenters. The third kappa shape index (κ3) is 2.71. The van der Waals surface area contributed by atoms with Crippen LogP contribution in [-0.2, 0) is 24.1 Å². The van der Waals surface area contributed by atoms with Crippen molar-refractivity contribution in [2.45, 2.75) is 38.0 Å². The van der Waals surface area contributed by atoms with E-state index in [4.69, 9.17) is 9.63 Å². The first-order chi connectivity index (χ1) is 9.72. The molecule has 1 atom stereocenters. The zero-order chi connectivity index (χ0) is 13.9. The van der Waals surface area contributed by atoms with Crippen LogP contribution in [-0.4, -0.2) is 21.2 Å². The highest BCUT2D eigenvalue weighted by molar-refractivity contribution is 5.66. The van der Waals surface area contributed by atoms with Crippen molar-refractivity contribution in [3.05, 3.63) is 47.1 Å². The Hall–Kier alpha value is -2.17. The molecule has 1 aromatic heterocycles.